The molecule has 0 fully saturated rings. The SMILES string of the molecule is C[n+]1ccn(CC(=O)c2ccc(Br)cc2)c1. The van der Waals surface area contributed by atoms with Crippen molar-refractivity contribution in [3.8, 4) is 0 Å². The molecule has 0 saturated heterocycles. The molecular weight excluding hydrogens is 268 g/mol. The number of imidazole rings is 1. The first-order chi connectivity index (χ1) is 7.65. The lowest BCUT2D eigenvalue weighted by molar-refractivity contribution is -0.671. The maximum absolute atomic E-state index is 11.9. The Morgan fingerprint density at radius 3 is 2.62 bits per heavy atom. The minimum Gasteiger partial charge on any atom is -0.290 e. The Morgan fingerprint density at radius 1 is 1.38 bits per heavy atom. The van der Waals surface area contributed by atoms with Crippen LogP contribution in [0.1, 0.15) is 10.4 Å². The van der Waals surface area contributed by atoms with E-state index in [0.29, 0.717) is 6.54 Å². The average molecular weight is 280 g/mol. The second-order valence-corrected chi connectivity index (χ2v) is 4.60. The van der Waals surface area contributed by atoms with E-state index in [1.165, 1.54) is 0 Å². The van der Waals surface area contributed by atoms with Crippen LogP contribution in [0.3, 0.4) is 0 Å². The highest BCUT2D eigenvalue weighted by atomic mass is 79.9. The third-order valence-corrected chi connectivity index (χ3v) is 2.84. The highest BCUT2D eigenvalue weighted by Crippen LogP contribution is 2.11. The van der Waals surface area contributed by atoms with Crippen molar-refractivity contribution in [2.24, 2.45) is 7.05 Å². The summed E-state index contributed by atoms with van der Waals surface area (Å²) in [5, 5.41) is 0. The van der Waals surface area contributed by atoms with Gasteiger partial charge in [0.15, 0.2) is 6.54 Å². The molecule has 1 aromatic carbocycles. The van der Waals surface area contributed by atoms with Crippen molar-refractivity contribution >= 4 is 21.7 Å². The Balaban J connectivity index is 2.11. The Labute approximate surface area is 102 Å². The summed E-state index contributed by atoms with van der Waals surface area (Å²) < 4.78 is 4.76. The molecule has 0 atom stereocenters. The van der Waals surface area contributed by atoms with Gasteiger partial charge in [-0.15, -0.1) is 0 Å². The number of aromatic nitrogens is 2. The molecule has 0 unspecified atom stereocenters. The van der Waals surface area contributed by atoms with Crippen LogP contribution in [0.4, 0.5) is 0 Å². The Morgan fingerprint density at radius 2 is 2.06 bits per heavy atom. The van der Waals surface area contributed by atoms with Crippen LogP contribution < -0.4 is 4.57 Å². The largest absolute Gasteiger partial charge is 0.290 e. The maximum Gasteiger partial charge on any atom is 0.243 e. The van der Waals surface area contributed by atoms with Crippen LogP contribution >= 0.6 is 15.9 Å². The van der Waals surface area contributed by atoms with E-state index in [0.717, 1.165) is 10.0 Å². The smallest absolute Gasteiger partial charge is 0.243 e. The van der Waals surface area contributed by atoms with Crippen LogP contribution in [0, 0.1) is 0 Å². The number of carbonyl (C=O) groups excluding carboxylic acids is 1. The number of aryl methyl sites for hydroxylation is 1. The molecule has 0 aliphatic rings. The summed E-state index contributed by atoms with van der Waals surface area (Å²) >= 11 is 3.34. The first-order valence-electron chi connectivity index (χ1n) is 4.95. The zero-order valence-electron chi connectivity index (χ0n) is 8.93. The molecule has 0 aliphatic heterocycles. The van der Waals surface area contributed by atoms with E-state index in [1.807, 2.05) is 59.2 Å². The third kappa shape index (κ3) is 2.58. The van der Waals surface area contributed by atoms with Gasteiger partial charge in [0.2, 0.25) is 12.1 Å². The maximum atomic E-state index is 11.9. The van der Waals surface area contributed by atoms with Crippen LogP contribution in [0.5, 0.6) is 0 Å². The highest BCUT2D eigenvalue weighted by Gasteiger charge is 2.10. The number of carbonyl (C=O) groups is 1. The topological polar surface area (TPSA) is 25.9 Å². The normalized spacial score (nSPS) is 10.4. The number of rotatable bonds is 3. The van der Waals surface area contributed by atoms with Gasteiger partial charge in [-0.05, 0) is 12.1 Å². The fourth-order valence-corrected chi connectivity index (χ4v) is 1.75. The van der Waals surface area contributed by atoms with Crippen molar-refractivity contribution < 1.29 is 9.36 Å². The summed E-state index contributed by atoms with van der Waals surface area (Å²) in [5.74, 6) is 0.115. The van der Waals surface area contributed by atoms with E-state index in [1.54, 1.807) is 0 Å². The lowest BCUT2D eigenvalue weighted by Crippen LogP contribution is -2.24. The van der Waals surface area contributed by atoms with Gasteiger partial charge in [0.1, 0.15) is 12.4 Å². The van der Waals surface area contributed by atoms with E-state index >= 15 is 0 Å². The second kappa shape index (κ2) is 4.61. The van der Waals surface area contributed by atoms with Gasteiger partial charge in [-0.25, -0.2) is 9.13 Å². The van der Waals surface area contributed by atoms with E-state index in [4.69, 9.17) is 0 Å². The number of hydrogen-bond acceptors (Lipinski definition) is 1. The van der Waals surface area contributed by atoms with Crippen LogP contribution in [0.25, 0.3) is 0 Å². The molecule has 82 valence electrons. The fourth-order valence-electron chi connectivity index (χ4n) is 1.49. The Kier molecular flexibility index (Phi) is 3.19. The van der Waals surface area contributed by atoms with Crippen molar-refractivity contribution in [2.75, 3.05) is 0 Å². The van der Waals surface area contributed by atoms with Crippen LogP contribution in [0.15, 0.2) is 47.5 Å². The molecule has 0 spiro atoms. The van der Waals surface area contributed by atoms with Gasteiger partial charge in [-0.3, -0.25) is 4.79 Å². The van der Waals surface area contributed by atoms with Gasteiger partial charge < -0.3 is 0 Å². The number of Topliss-reactive ketones (excluding diaryl/α,β-unsaturated/α-hetero) is 1. The van der Waals surface area contributed by atoms with Crippen LogP contribution in [-0.4, -0.2) is 10.4 Å². The molecule has 1 aromatic heterocycles. The van der Waals surface area contributed by atoms with Gasteiger partial charge >= 0.3 is 0 Å². The van der Waals surface area contributed by atoms with Gasteiger partial charge in [-0.1, -0.05) is 28.1 Å². The molecule has 0 amide bonds. The Bertz CT molecular complexity index is 502. The fraction of sp³-hybridized carbons (Fsp3) is 0.167. The zero-order valence-corrected chi connectivity index (χ0v) is 10.5. The average Bonchev–Trinajstić information content (AvgIpc) is 2.65. The van der Waals surface area contributed by atoms with Gasteiger partial charge in [0.05, 0.1) is 7.05 Å². The molecule has 0 N–H and O–H groups in total. The first-order valence-corrected chi connectivity index (χ1v) is 5.74. The number of benzene rings is 1. The van der Waals surface area contributed by atoms with Crippen LogP contribution in [-0.2, 0) is 13.6 Å². The van der Waals surface area contributed by atoms with Crippen LogP contribution in [0.2, 0.25) is 0 Å². The number of nitrogens with zero attached hydrogens (tertiary/aromatic N) is 2. The molecule has 2 aromatic rings. The predicted octanol–water partition coefficient (Wildman–Crippen LogP) is 1.96. The highest BCUT2D eigenvalue weighted by molar-refractivity contribution is 9.10. The monoisotopic (exact) mass is 279 g/mol. The molecule has 0 aliphatic carbocycles. The number of halogens is 1. The summed E-state index contributed by atoms with van der Waals surface area (Å²) in [7, 11) is 1.93. The number of hydrogen-bond donors (Lipinski definition) is 0. The van der Waals surface area contributed by atoms with Gasteiger partial charge in [0.25, 0.3) is 0 Å². The Hall–Kier alpha value is -1.42. The summed E-state index contributed by atoms with van der Waals surface area (Å²) in [4.78, 5) is 11.9. The summed E-state index contributed by atoms with van der Waals surface area (Å²) in [6.45, 7) is 0.377. The van der Waals surface area contributed by atoms with Gasteiger partial charge in [0, 0.05) is 10.0 Å². The summed E-state index contributed by atoms with van der Waals surface area (Å²) in [5.41, 5.74) is 0.736. The van der Waals surface area contributed by atoms with E-state index in [9.17, 15) is 4.79 Å². The lowest BCUT2D eigenvalue weighted by Gasteiger charge is -1.98. The molecule has 1 heterocycles. The molecule has 4 heteroatoms. The minimum absolute atomic E-state index is 0.115. The third-order valence-electron chi connectivity index (χ3n) is 2.32. The number of ketones is 1. The van der Waals surface area contributed by atoms with E-state index in [2.05, 4.69) is 15.9 Å². The van der Waals surface area contributed by atoms with Crippen molar-refractivity contribution in [3.05, 3.63) is 53.0 Å². The molecule has 0 bridgehead atoms. The predicted molar refractivity (Wildman–Crippen MR) is 64.1 cm³/mol. The molecular formula is C12H12BrN2O+. The summed E-state index contributed by atoms with van der Waals surface area (Å²) in [6, 6.07) is 7.41. The quantitative estimate of drug-likeness (QED) is 0.623. The minimum atomic E-state index is 0.115. The summed E-state index contributed by atoms with van der Waals surface area (Å²) in [6.07, 6.45) is 5.68. The van der Waals surface area contributed by atoms with Crippen molar-refractivity contribution in [1.29, 1.82) is 0 Å². The zero-order chi connectivity index (χ0) is 11.5. The lowest BCUT2D eigenvalue weighted by atomic mass is 10.1. The molecule has 0 saturated carbocycles. The van der Waals surface area contributed by atoms with Crippen molar-refractivity contribution in [3.63, 3.8) is 0 Å². The van der Waals surface area contributed by atoms with Crippen molar-refractivity contribution in [2.45, 2.75) is 6.54 Å². The standard InChI is InChI=1S/C12H12BrN2O/c1-14-6-7-15(9-14)8-12(16)10-2-4-11(13)5-3-10/h2-7,9H,8H2,1H3/q+1. The molecule has 3 nitrogen and oxygen atoms in total. The molecule has 0 radical (unpaired) electrons. The van der Waals surface area contributed by atoms with E-state index < -0.39 is 0 Å². The first kappa shape index (κ1) is 11.1. The van der Waals surface area contributed by atoms with E-state index in [-0.39, 0.29) is 5.78 Å². The molecule has 16 heavy (non-hydrogen) atoms. The molecule has 2 rings (SSSR count). The second-order valence-electron chi connectivity index (χ2n) is 3.68. The van der Waals surface area contributed by atoms with Gasteiger partial charge in [-0.2, -0.15) is 0 Å². The van der Waals surface area contributed by atoms with Crippen molar-refractivity contribution in [1.82, 2.24) is 4.57 Å².